The summed E-state index contributed by atoms with van der Waals surface area (Å²) in [5, 5.41) is 3.35. The molecular weight excluding hydrogens is 415 g/mol. The van der Waals surface area contributed by atoms with Crippen molar-refractivity contribution in [2.24, 2.45) is 12.0 Å². The molecule has 6 heteroatoms. The van der Waals surface area contributed by atoms with E-state index in [0.717, 1.165) is 30.4 Å². The lowest BCUT2D eigenvalue weighted by Crippen LogP contribution is -2.38. The lowest BCUT2D eigenvalue weighted by Gasteiger charge is -2.22. The van der Waals surface area contributed by atoms with Crippen molar-refractivity contribution >= 4 is 29.9 Å². The van der Waals surface area contributed by atoms with Crippen LogP contribution in [0.1, 0.15) is 18.2 Å². The molecular formula is C18H27IN4O. The molecule has 1 aromatic carbocycles. The normalized spacial score (nSPS) is 10.9. The van der Waals surface area contributed by atoms with Crippen molar-refractivity contribution in [3.05, 3.63) is 53.9 Å². The molecule has 0 unspecified atom stereocenters. The van der Waals surface area contributed by atoms with Crippen molar-refractivity contribution in [3.63, 3.8) is 0 Å². The molecule has 132 valence electrons. The highest BCUT2D eigenvalue weighted by Crippen LogP contribution is 2.18. The molecule has 0 aliphatic carbocycles. The molecule has 0 saturated heterocycles. The van der Waals surface area contributed by atoms with Crippen LogP contribution in [0.5, 0.6) is 5.75 Å². The second-order valence-corrected chi connectivity index (χ2v) is 5.45. The van der Waals surface area contributed by atoms with Crippen molar-refractivity contribution < 1.29 is 4.74 Å². The number of rotatable bonds is 6. The largest absolute Gasteiger partial charge is 0.496 e. The van der Waals surface area contributed by atoms with Gasteiger partial charge in [0.05, 0.1) is 20.2 Å². The van der Waals surface area contributed by atoms with Gasteiger partial charge in [-0.15, -0.1) is 24.0 Å². The van der Waals surface area contributed by atoms with E-state index in [-0.39, 0.29) is 24.0 Å². The standard InChI is InChI=1S/C18H26N4O.HI/c1-5-19-18(22(3)14-16-10-8-12-21(16)2)20-13-15-9-6-7-11-17(15)23-4;/h6-12H,5,13-14H2,1-4H3,(H,19,20);1H. The van der Waals surface area contributed by atoms with Crippen LogP contribution in [0.4, 0.5) is 0 Å². The minimum atomic E-state index is 0. The first-order valence-electron chi connectivity index (χ1n) is 7.87. The van der Waals surface area contributed by atoms with Gasteiger partial charge in [-0.1, -0.05) is 18.2 Å². The highest BCUT2D eigenvalue weighted by Gasteiger charge is 2.09. The van der Waals surface area contributed by atoms with Gasteiger partial charge in [0, 0.05) is 38.1 Å². The Labute approximate surface area is 161 Å². The number of ether oxygens (including phenoxy) is 1. The molecule has 0 saturated carbocycles. The molecule has 2 rings (SSSR count). The summed E-state index contributed by atoms with van der Waals surface area (Å²) in [5.74, 6) is 1.76. The maximum absolute atomic E-state index is 5.39. The zero-order valence-electron chi connectivity index (χ0n) is 14.8. The number of benzene rings is 1. The first-order valence-corrected chi connectivity index (χ1v) is 7.87. The molecule has 0 aliphatic rings. The molecule has 0 aliphatic heterocycles. The number of nitrogens with zero attached hydrogens (tertiary/aromatic N) is 3. The summed E-state index contributed by atoms with van der Waals surface area (Å²) < 4.78 is 7.52. The Morgan fingerprint density at radius 2 is 2.00 bits per heavy atom. The van der Waals surface area contributed by atoms with Gasteiger partial charge in [0.15, 0.2) is 5.96 Å². The Hall–Kier alpha value is -1.70. The number of aromatic nitrogens is 1. The smallest absolute Gasteiger partial charge is 0.194 e. The van der Waals surface area contributed by atoms with Crippen LogP contribution in [0.2, 0.25) is 0 Å². The third kappa shape index (κ3) is 5.43. The SMILES string of the molecule is CCNC(=NCc1ccccc1OC)N(C)Cc1cccn1C.I. The van der Waals surface area contributed by atoms with Crippen LogP contribution in [-0.4, -0.2) is 36.1 Å². The van der Waals surface area contributed by atoms with E-state index in [1.807, 2.05) is 24.3 Å². The van der Waals surface area contributed by atoms with Crippen LogP contribution >= 0.6 is 24.0 Å². The zero-order chi connectivity index (χ0) is 16.7. The Kier molecular flexibility index (Phi) is 8.67. The molecule has 0 fully saturated rings. The molecule has 0 bridgehead atoms. The quantitative estimate of drug-likeness (QED) is 0.425. The predicted octanol–water partition coefficient (Wildman–Crippen LogP) is 3.25. The highest BCUT2D eigenvalue weighted by atomic mass is 127. The number of nitrogens with one attached hydrogen (secondary N) is 1. The third-order valence-electron chi connectivity index (χ3n) is 3.74. The number of halogens is 1. The number of hydrogen-bond donors (Lipinski definition) is 1. The predicted molar refractivity (Wildman–Crippen MR) is 110 cm³/mol. The van der Waals surface area contributed by atoms with Gasteiger partial charge in [0.1, 0.15) is 5.75 Å². The monoisotopic (exact) mass is 442 g/mol. The van der Waals surface area contributed by atoms with E-state index < -0.39 is 0 Å². The molecule has 0 spiro atoms. The van der Waals surface area contributed by atoms with Crippen molar-refractivity contribution in [3.8, 4) is 5.75 Å². The first kappa shape index (κ1) is 20.3. The topological polar surface area (TPSA) is 41.8 Å². The molecule has 0 amide bonds. The fourth-order valence-corrected chi connectivity index (χ4v) is 2.44. The second kappa shape index (κ2) is 10.2. The second-order valence-electron chi connectivity index (χ2n) is 5.45. The third-order valence-corrected chi connectivity index (χ3v) is 3.74. The van der Waals surface area contributed by atoms with Gasteiger partial charge in [-0.25, -0.2) is 4.99 Å². The minimum Gasteiger partial charge on any atom is -0.496 e. The van der Waals surface area contributed by atoms with E-state index in [1.54, 1.807) is 7.11 Å². The molecule has 5 nitrogen and oxygen atoms in total. The lowest BCUT2D eigenvalue weighted by molar-refractivity contribution is 0.409. The highest BCUT2D eigenvalue weighted by molar-refractivity contribution is 14.0. The fourth-order valence-electron chi connectivity index (χ4n) is 2.44. The molecule has 1 N–H and O–H groups in total. The van der Waals surface area contributed by atoms with E-state index in [9.17, 15) is 0 Å². The maximum Gasteiger partial charge on any atom is 0.194 e. The Balaban J connectivity index is 0.00000288. The van der Waals surface area contributed by atoms with E-state index >= 15 is 0 Å². The van der Waals surface area contributed by atoms with Crippen LogP contribution < -0.4 is 10.1 Å². The number of hydrogen-bond acceptors (Lipinski definition) is 2. The summed E-state index contributed by atoms with van der Waals surface area (Å²) >= 11 is 0. The van der Waals surface area contributed by atoms with Gasteiger partial charge in [0.25, 0.3) is 0 Å². The van der Waals surface area contributed by atoms with Crippen molar-refractivity contribution in [2.45, 2.75) is 20.0 Å². The number of methoxy groups -OCH3 is 1. The van der Waals surface area contributed by atoms with Crippen LogP contribution in [0.25, 0.3) is 0 Å². The average Bonchev–Trinajstić information content (AvgIpc) is 2.96. The lowest BCUT2D eigenvalue weighted by atomic mass is 10.2. The van der Waals surface area contributed by atoms with Gasteiger partial charge < -0.3 is 19.5 Å². The number of aliphatic imine (C=N–C) groups is 1. The molecule has 24 heavy (non-hydrogen) atoms. The van der Waals surface area contributed by atoms with E-state index in [0.29, 0.717) is 6.54 Å². The van der Waals surface area contributed by atoms with Crippen LogP contribution in [-0.2, 0) is 20.1 Å². The average molecular weight is 442 g/mol. The summed E-state index contributed by atoms with van der Waals surface area (Å²) in [5.41, 5.74) is 2.33. The van der Waals surface area contributed by atoms with Gasteiger partial charge in [-0.2, -0.15) is 0 Å². The molecule has 1 heterocycles. The maximum atomic E-state index is 5.39. The Morgan fingerprint density at radius 3 is 2.62 bits per heavy atom. The van der Waals surface area contributed by atoms with E-state index in [4.69, 9.17) is 9.73 Å². The van der Waals surface area contributed by atoms with Crippen molar-refractivity contribution in [1.82, 2.24) is 14.8 Å². The number of guanidine groups is 1. The molecule has 1 aromatic heterocycles. The van der Waals surface area contributed by atoms with Crippen LogP contribution in [0.3, 0.4) is 0 Å². The molecule has 0 atom stereocenters. The first-order chi connectivity index (χ1) is 11.2. The van der Waals surface area contributed by atoms with Gasteiger partial charge in [-0.3, -0.25) is 0 Å². The van der Waals surface area contributed by atoms with Gasteiger partial charge >= 0.3 is 0 Å². The minimum absolute atomic E-state index is 0. The van der Waals surface area contributed by atoms with Crippen LogP contribution in [0.15, 0.2) is 47.6 Å². The van der Waals surface area contributed by atoms with Crippen molar-refractivity contribution in [2.75, 3.05) is 20.7 Å². The zero-order valence-corrected chi connectivity index (χ0v) is 17.2. The summed E-state index contributed by atoms with van der Waals surface area (Å²) in [7, 11) is 5.80. The van der Waals surface area contributed by atoms with E-state index in [2.05, 4.69) is 54.1 Å². The fraction of sp³-hybridized carbons (Fsp3) is 0.389. The van der Waals surface area contributed by atoms with Crippen molar-refractivity contribution in [1.29, 1.82) is 0 Å². The Morgan fingerprint density at radius 1 is 1.25 bits per heavy atom. The van der Waals surface area contributed by atoms with E-state index in [1.165, 1.54) is 5.69 Å². The number of aryl methyl sites for hydroxylation is 1. The molecule has 0 radical (unpaired) electrons. The van der Waals surface area contributed by atoms with Crippen LogP contribution in [0, 0.1) is 0 Å². The van der Waals surface area contributed by atoms with Gasteiger partial charge in [-0.05, 0) is 25.1 Å². The summed E-state index contributed by atoms with van der Waals surface area (Å²) in [6.07, 6.45) is 2.06. The number of para-hydroxylation sites is 1. The summed E-state index contributed by atoms with van der Waals surface area (Å²) in [4.78, 5) is 6.88. The summed E-state index contributed by atoms with van der Waals surface area (Å²) in [6.45, 7) is 4.31. The van der Waals surface area contributed by atoms with Gasteiger partial charge in [0.2, 0.25) is 0 Å². The Bertz CT molecular complexity index is 654. The molecule has 2 aromatic rings. The summed E-state index contributed by atoms with van der Waals surface area (Å²) in [6, 6.07) is 12.2.